The number of tetrazole rings is 1. The maximum atomic E-state index is 3.92. The first kappa shape index (κ1) is 7.91. The van der Waals surface area contributed by atoms with Gasteiger partial charge < -0.3 is 0 Å². The molecule has 0 saturated carbocycles. The molecular formula is C9H10N4. The van der Waals surface area contributed by atoms with E-state index in [0.29, 0.717) is 0 Å². The van der Waals surface area contributed by atoms with Crippen molar-refractivity contribution in [1.82, 2.24) is 20.2 Å². The highest BCUT2D eigenvalue weighted by Crippen LogP contribution is 2.14. The quantitative estimate of drug-likeness (QED) is 0.652. The SMILES string of the molecule is Cc1ccc(-c2nnnn2C)cc1. The first-order valence-electron chi connectivity index (χ1n) is 4.07. The van der Waals surface area contributed by atoms with E-state index in [9.17, 15) is 0 Å². The summed E-state index contributed by atoms with van der Waals surface area (Å²) in [5, 5.41) is 11.3. The molecule has 1 aromatic heterocycles. The van der Waals surface area contributed by atoms with Crippen molar-refractivity contribution in [3.63, 3.8) is 0 Å². The van der Waals surface area contributed by atoms with Crippen LogP contribution in [0.5, 0.6) is 0 Å². The van der Waals surface area contributed by atoms with Crippen LogP contribution in [0.4, 0.5) is 0 Å². The van der Waals surface area contributed by atoms with E-state index >= 15 is 0 Å². The van der Waals surface area contributed by atoms with Crippen LogP contribution in [-0.2, 0) is 7.05 Å². The summed E-state index contributed by atoms with van der Waals surface area (Å²) in [6.45, 7) is 2.05. The molecule has 1 heterocycles. The van der Waals surface area contributed by atoms with Crippen molar-refractivity contribution in [2.24, 2.45) is 7.05 Å². The number of aryl methyl sites for hydroxylation is 2. The first-order chi connectivity index (χ1) is 6.27. The summed E-state index contributed by atoms with van der Waals surface area (Å²) >= 11 is 0. The highest BCUT2D eigenvalue weighted by Gasteiger charge is 2.03. The monoisotopic (exact) mass is 174 g/mol. The molecule has 13 heavy (non-hydrogen) atoms. The lowest BCUT2D eigenvalue weighted by molar-refractivity contribution is 0.714. The second-order valence-corrected chi connectivity index (χ2v) is 2.99. The van der Waals surface area contributed by atoms with Crippen LogP contribution >= 0.6 is 0 Å². The van der Waals surface area contributed by atoms with Crippen molar-refractivity contribution in [2.45, 2.75) is 6.92 Å². The predicted molar refractivity (Wildman–Crippen MR) is 49.0 cm³/mol. The van der Waals surface area contributed by atoms with Crippen LogP contribution in [0.2, 0.25) is 0 Å². The van der Waals surface area contributed by atoms with E-state index in [2.05, 4.69) is 22.4 Å². The van der Waals surface area contributed by atoms with E-state index in [1.165, 1.54) is 5.56 Å². The standard InChI is InChI=1S/C9H10N4/c1-7-3-5-8(6-4-7)9-10-11-12-13(9)2/h3-6H,1-2H3. The van der Waals surface area contributed by atoms with Gasteiger partial charge in [0.15, 0.2) is 5.82 Å². The van der Waals surface area contributed by atoms with Gasteiger partial charge in [-0.3, -0.25) is 0 Å². The normalized spacial score (nSPS) is 10.3. The first-order valence-corrected chi connectivity index (χ1v) is 4.07. The molecule has 0 fully saturated rings. The van der Waals surface area contributed by atoms with Gasteiger partial charge in [-0.15, -0.1) is 5.10 Å². The summed E-state index contributed by atoms with van der Waals surface area (Å²) in [7, 11) is 1.83. The van der Waals surface area contributed by atoms with Gasteiger partial charge in [0.25, 0.3) is 0 Å². The lowest BCUT2D eigenvalue weighted by Gasteiger charge is -1.98. The molecule has 0 N–H and O–H groups in total. The Morgan fingerprint density at radius 3 is 2.38 bits per heavy atom. The Morgan fingerprint density at radius 2 is 1.85 bits per heavy atom. The van der Waals surface area contributed by atoms with Gasteiger partial charge >= 0.3 is 0 Å². The minimum atomic E-state index is 0.792. The minimum absolute atomic E-state index is 0.792. The zero-order valence-electron chi connectivity index (χ0n) is 7.60. The van der Waals surface area contributed by atoms with Gasteiger partial charge in [0, 0.05) is 12.6 Å². The summed E-state index contributed by atoms with van der Waals surface area (Å²) in [5.74, 6) is 0.792. The fourth-order valence-electron chi connectivity index (χ4n) is 1.18. The van der Waals surface area contributed by atoms with Crippen LogP contribution in [0.15, 0.2) is 24.3 Å². The molecule has 66 valence electrons. The topological polar surface area (TPSA) is 43.6 Å². The molecule has 4 nitrogen and oxygen atoms in total. The smallest absolute Gasteiger partial charge is 0.181 e. The number of nitrogens with zero attached hydrogens (tertiary/aromatic N) is 4. The Hall–Kier alpha value is -1.71. The number of hydrogen-bond acceptors (Lipinski definition) is 3. The minimum Gasteiger partial charge on any atom is -0.229 e. The molecule has 4 heteroatoms. The van der Waals surface area contributed by atoms with E-state index in [1.807, 2.05) is 31.3 Å². The van der Waals surface area contributed by atoms with Crippen molar-refractivity contribution in [3.8, 4) is 11.4 Å². The summed E-state index contributed by atoms with van der Waals surface area (Å²) in [5.41, 5.74) is 2.27. The lowest BCUT2D eigenvalue weighted by Crippen LogP contribution is -1.94. The van der Waals surface area contributed by atoms with Crippen molar-refractivity contribution < 1.29 is 0 Å². The average molecular weight is 174 g/mol. The lowest BCUT2D eigenvalue weighted by atomic mass is 10.1. The fourth-order valence-corrected chi connectivity index (χ4v) is 1.18. The third-order valence-corrected chi connectivity index (χ3v) is 1.93. The van der Waals surface area contributed by atoms with Crippen molar-refractivity contribution in [1.29, 1.82) is 0 Å². The number of aromatic nitrogens is 4. The molecule has 0 aliphatic carbocycles. The Morgan fingerprint density at radius 1 is 1.15 bits per heavy atom. The maximum Gasteiger partial charge on any atom is 0.181 e. The van der Waals surface area contributed by atoms with E-state index in [4.69, 9.17) is 0 Å². The second-order valence-electron chi connectivity index (χ2n) is 2.99. The van der Waals surface area contributed by atoms with Crippen molar-refractivity contribution in [2.75, 3.05) is 0 Å². The van der Waals surface area contributed by atoms with Crippen LogP contribution in [0.25, 0.3) is 11.4 Å². The number of hydrogen-bond donors (Lipinski definition) is 0. The van der Waals surface area contributed by atoms with Crippen LogP contribution in [0.3, 0.4) is 0 Å². The van der Waals surface area contributed by atoms with Gasteiger partial charge in [-0.2, -0.15) is 0 Å². The molecular weight excluding hydrogens is 164 g/mol. The van der Waals surface area contributed by atoms with E-state index in [0.717, 1.165) is 11.4 Å². The van der Waals surface area contributed by atoms with E-state index in [-0.39, 0.29) is 0 Å². The molecule has 0 bridgehead atoms. The highest BCUT2D eigenvalue weighted by atomic mass is 15.5. The van der Waals surface area contributed by atoms with Gasteiger partial charge in [-0.1, -0.05) is 29.8 Å². The predicted octanol–water partition coefficient (Wildman–Crippen LogP) is 1.19. The molecule has 0 saturated heterocycles. The molecule has 1 aromatic carbocycles. The fraction of sp³-hybridized carbons (Fsp3) is 0.222. The molecule has 2 aromatic rings. The third kappa shape index (κ3) is 1.42. The van der Waals surface area contributed by atoms with Crippen LogP contribution in [-0.4, -0.2) is 20.2 Å². The van der Waals surface area contributed by atoms with Crippen molar-refractivity contribution in [3.05, 3.63) is 29.8 Å². The number of benzene rings is 1. The van der Waals surface area contributed by atoms with Crippen LogP contribution in [0, 0.1) is 6.92 Å². The van der Waals surface area contributed by atoms with E-state index in [1.54, 1.807) is 4.68 Å². The molecule has 0 radical (unpaired) electrons. The molecule has 0 spiro atoms. The van der Waals surface area contributed by atoms with Crippen molar-refractivity contribution >= 4 is 0 Å². The molecule has 0 aliphatic heterocycles. The third-order valence-electron chi connectivity index (χ3n) is 1.93. The van der Waals surface area contributed by atoms with Gasteiger partial charge in [0.1, 0.15) is 0 Å². The largest absolute Gasteiger partial charge is 0.229 e. The molecule has 0 unspecified atom stereocenters. The van der Waals surface area contributed by atoms with Gasteiger partial charge in [0.05, 0.1) is 0 Å². The molecule has 0 aliphatic rings. The Kier molecular flexibility index (Phi) is 1.81. The second kappa shape index (κ2) is 2.97. The summed E-state index contributed by atoms with van der Waals surface area (Å²) < 4.78 is 1.66. The van der Waals surface area contributed by atoms with E-state index < -0.39 is 0 Å². The Labute approximate surface area is 76.2 Å². The zero-order chi connectivity index (χ0) is 9.26. The summed E-state index contributed by atoms with van der Waals surface area (Å²) in [6, 6.07) is 8.12. The Bertz CT molecular complexity index is 402. The highest BCUT2D eigenvalue weighted by molar-refractivity contribution is 5.54. The van der Waals surface area contributed by atoms with Gasteiger partial charge in [-0.05, 0) is 17.4 Å². The van der Waals surface area contributed by atoms with Crippen LogP contribution < -0.4 is 0 Å². The molecule has 0 atom stereocenters. The van der Waals surface area contributed by atoms with Gasteiger partial charge in [0.2, 0.25) is 0 Å². The molecule has 0 amide bonds. The van der Waals surface area contributed by atoms with Crippen LogP contribution in [0.1, 0.15) is 5.56 Å². The summed E-state index contributed by atoms with van der Waals surface area (Å²) in [4.78, 5) is 0. The van der Waals surface area contributed by atoms with Gasteiger partial charge in [-0.25, -0.2) is 4.68 Å². The molecule has 2 rings (SSSR count). The number of rotatable bonds is 1. The maximum absolute atomic E-state index is 3.92. The zero-order valence-corrected chi connectivity index (χ0v) is 7.60. The summed E-state index contributed by atoms with van der Waals surface area (Å²) in [6.07, 6.45) is 0. The Balaban J connectivity index is 2.47. The average Bonchev–Trinajstić information content (AvgIpc) is 2.53.